The number of morpholine rings is 1. The molecule has 0 radical (unpaired) electrons. The van der Waals surface area contributed by atoms with E-state index in [2.05, 4.69) is 26.1 Å². The van der Waals surface area contributed by atoms with Crippen LogP contribution in [0.2, 0.25) is 0 Å². The van der Waals surface area contributed by atoms with Crippen LogP contribution in [0, 0.1) is 6.92 Å². The minimum Gasteiger partial charge on any atom is -0.378 e. The van der Waals surface area contributed by atoms with Gasteiger partial charge in [-0.15, -0.1) is 0 Å². The lowest BCUT2D eigenvalue weighted by atomic mass is 10.2. The lowest BCUT2D eigenvalue weighted by Crippen LogP contribution is -2.40. The molecule has 3 aromatic carbocycles. The van der Waals surface area contributed by atoms with Crippen LogP contribution in [-0.2, 0) is 26.1 Å². The molecule has 1 saturated heterocycles. The van der Waals surface area contributed by atoms with Crippen molar-refractivity contribution in [3.8, 4) is 0 Å². The molecule has 1 amide bonds. The Morgan fingerprint density at radius 1 is 0.971 bits per heavy atom. The Morgan fingerprint density at radius 3 is 2.23 bits per heavy atom. The Morgan fingerprint density at radius 2 is 1.60 bits per heavy atom. The van der Waals surface area contributed by atoms with Gasteiger partial charge in [0.1, 0.15) is 6.54 Å². The van der Waals surface area contributed by atoms with E-state index in [1.165, 1.54) is 0 Å². The highest BCUT2D eigenvalue weighted by Crippen LogP contribution is 2.25. The summed E-state index contributed by atoms with van der Waals surface area (Å²) in [6.07, 6.45) is 0. The summed E-state index contributed by atoms with van der Waals surface area (Å²) in [6.45, 7) is 5.03. The zero-order valence-electron chi connectivity index (χ0n) is 19.5. The van der Waals surface area contributed by atoms with Crippen molar-refractivity contribution in [2.24, 2.45) is 0 Å². The van der Waals surface area contributed by atoms with E-state index in [9.17, 15) is 13.2 Å². The fourth-order valence-corrected chi connectivity index (χ4v) is 5.48. The first-order valence-electron chi connectivity index (χ1n) is 11.4. The third-order valence-corrected chi connectivity index (χ3v) is 8.13. The van der Waals surface area contributed by atoms with Crippen LogP contribution in [0.5, 0.6) is 0 Å². The molecule has 1 heterocycles. The molecule has 9 heteroatoms. The second kappa shape index (κ2) is 11.2. The molecule has 184 valence electrons. The predicted molar refractivity (Wildman–Crippen MR) is 141 cm³/mol. The van der Waals surface area contributed by atoms with Gasteiger partial charge in [0.05, 0.1) is 23.8 Å². The molecule has 0 bridgehead atoms. The van der Waals surface area contributed by atoms with Gasteiger partial charge in [0.25, 0.3) is 10.0 Å². The van der Waals surface area contributed by atoms with E-state index in [1.807, 2.05) is 31.2 Å². The van der Waals surface area contributed by atoms with Crippen molar-refractivity contribution < 1.29 is 17.9 Å². The number of sulfonamides is 1. The number of amides is 1. The molecular formula is C26H28BrN3O4S. The molecule has 4 rings (SSSR count). The van der Waals surface area contributed by atoms with Gasteiger partial charge < -0.3 is 15.0 Å². The molecule has 3 aromatic rings. The number of hydrogen-bond donors (Lipinski definition) is 1. The van der Waals surface area contributed by atoms with E-state index < -0.39 is 10.0 Å². The Kier molecular flexibility index (Phi) is 8.10. The van der Waals surface area contributed by atoms with Gasteiger partial charge in [-0.2, -0.15) is 0 Å². The number of rotatable bonds is 8. The van der Waals surface area contributed by atoms with Crippen LogP contribution in [0.15, 0.2) is 82.2 Å². The van der Waals surface area contributed by atoms with Crippen LogP contribution < -0.4 is 14.5 Å². The molecule has 0 atom stereocenters. The molecule has 7 nitrogen and oxygen atoms in total. The van der Waals surface area contributed by atoms with E-state index >= 15 is 0 Å². The zero-order chi connectivity index (χ0) is 24.8. The molecule has 1 fully saturated rings. The molecule has 35 heavy (non-hydrogen) atoms. The average molecular weight is 558 g/mol. The van der Waals surface area contributed by atoms with E-state index in [1.54, 1.807) is 48.5 Å². The van der Waals surface area contributed by atoms with Crippen LogP contribution in [0.4, 0.5) is 11.4 Å². The number of hydrogen-bond acceptors (Lipinski definition) is 5. The maximum absolute atomic E-state index is 13.4. The van der Waals surface area contributed by atoms with Gasteiger partial charge in [-0.3, -0.25) is 9.10 Å². The topological polar surface area (TPSA) is 79.0 Å². The number of ether oxygens (including phenoxy) is 1. The van der Waals surface area contributed by atoms with E-state index in [0.717, 1.165) is 51.9 Å². The van der Waals surface area contributed by atoms with E-state index in [4.69, 9.17) is 4.74 Å². The van der Waals surface area contributed by atoms with Crippen molar-refractivity contribution in [2.45, 2.75) is 18.4 Å². The van der Waals surface area contributed by atoms with Gasteiger partial charge in [0, 0.05) is 29.8 Å². The number of anilines is 2. The SMILES string of the molecule is Cc1ccc(S(=O)(=O)N(CC(=O)NCc2ccc(N3CCOCC3)cc2)c2ccc(Br)cc2)cc1. The molecule has 0 aromatic heterocycles. The second-order valence-electron chi connectivity index (χ2n) is 8.34. The lowest BCUT2D eigenvalue weighted by molar-refractivity contribution is -0.119. The summed E-state index contributed by atoms with van der Waals surface area (Å²) in [6, 6.07) is 21.5. The zero-order valence-corrected chi connectivity index (χ0v) is 21.9. The summed E-state index contributed by atoms with van der Waals surface area (Å²) < 4.78 is 34.3. The van der Waals surface area contributed by atoms with E-state index in [-0.39, 0.29) is 17.3 Å². The summed E-state index contributed by atoms with van der Waals surface area (Å²) in [5, 5.41) is 2.85. The van der Waals surface area contributed by atoms with Crippen LogP contribution >= 0.6 is 15.9 Å². The fourth-order valence-electron chi connectivity index (χ4n) is 3.79. The van der Waals surface area contributed by atoms with Gasteiger partial charge >= 0.3 is 0 Å². The summed E-state index contributed by atoms with van der Waals surface area (Å²) in [4.78, 5) is 15.3. The van der Waals surface area contributed by atoms with Crippen LogP contribution in [0.3, 0.4) is 0 Å². The lowest BCUT2D eigenvalue weighted by Gasteiger charge is -2.29. The highest BCUT2D eigenvalue weighted by atomic mass is 79.9. The Balaban J connectivity index is 1.46. The molecular weight excluding hydrogens is 530 g/mol. The summed E-state index contributed by atoms with van der Waals surface area (Å²) in [5.41, 5.74) is 3.43. The van der Waals surface area contributed by atoms with Gasteiger partial charge in [0.2, 0.25) is 5.91 Å². The highest BCUT2D eigenvalue weighted by Gasteiger charge is 2.27. The maximum atomic E-state index is 13.4. The quantitative estimate of drug-likeness (QED) is 0.451. The van der Waals surface area contributed by atoms with Crippen molar-refractivity contribution in [1.29, 1.82) is 0 Å². The highest BCUT2D eigenvalue weighted by molar-refractivity contribution is 9.10. The molecule has 0 unspecified atom stereocenters. The number of aryl methyl sites for hydroxylation is 1. The molecule has 0 aliphatic carbocycles. The molecule has 0 saturated carbocycles. The standard InChI is InChI=1S/C26H28BrN3O4S/c1-20-2-12-25(13-3-20)35(32,33)30(24-10-6-22(27)7-11-24)19-26(31)28-18-21-4-8-23(9-5-21)29-14-16-34-17-15-29/h2-13H,14-19H2,1H3,(H,28,31). The average Bonchev–Trinajstić information content (AvgIpc) is 2.88. The molecule has 0 spiro atoms. The minimum absolute atomic E-state index is 0.137. The van der Waals surface area contributed by atoms with Crippen molar-refractivity contribution in [3.63, 3.8) is 0 Å². The third-order valence-electron chi connectivity index (χ3n) is 5.81. The predicted octanol–water partition coefficient (Wildman–Crippen LogP) is 4.11. The number of nitrogens with one attached hydrogen (secondary N) is 1. The molecule has 1 aliphatic heterocycles. The van der Waals surface area contributed by atoms with Gasteiger partial charge in [-0.1, -0.05) is 45.8 Å². The largest absolute Gasteiger partial charge is 0.378 e. The van der Waals surface area contributed by atoms with Crippen molar-refractivity contribution in [2.75, 3.05) is 42.1 Å². The normalized spacial score (nSPS) is 13.9. The first kappa shape index (κ1) is 25.2. The fraction of sp³-hybridized carbons (Fsp3) is 0.269. The Labute approximate surface area is 214 Å². The third kappa shape index (κ3) is 6.42. The minimum atomic E-state index is -3.94. The van der Waals surface area contributed by atoms with Crippen molar-refractivity contribution >= 4 is 43.2 Å². The van der Waals surface area contributed by atoms with Crippen LogP contribution in [0.1, 0.15) is 11.1 Å². The Hall–Kier alpha value is -2.88. The summed E-state index contributed by atoms with van der Waals surface area (Å²) >= 11 is 3.37. The summed E-state index contributed by atoms with van der Waals surface area (Å²) in [5.74, 6) is -0.388. The van der Waals surface area contributed by atoms with Gasteiger partial charge in [-0.25, -0.2) is 8.42 Å². The van der Waals surface area contributed by atoms with Gasteiger partial charge in [-0.05, 0) is 61.0 Å². The molecule has 1 N–H and O–H groups in total. The van der Waals surface area contributed by atoms with Crippen LogP contribution in [-0.4, -0.2) is 47.2 Å². The second-order valence-corrected chi connectivity index (χ2v) is 11.1. The number of carbonyl (C=O) groups excluding carboxylic acids is 1. The molecule has 1 aliphatic rings. The van der Waals surface area contributed by atoms with Gasteiger partial charge in [0.15, 0.2) is 0 Å². The van der Waals surface area contributed by atoms with Crippen molar-refractivity contribution in [3.05, 3.63) is 88.4 Å². The first-order valence-corrected chi connectivity index (χ1v) is 13.6. The number of carbonyl (C=O) groups is 1. The number of nitrogens with zero attached hydrogens (tertiary/aromatic N) is 2. The maximum Gasteiger partial charge on any atom is 0.264 e. The number of halogens is 1. The summed E-state index contributed by atoms with van der Waals surface area (Å²) in [7, 11) is -3.94. The van der Waals surface area contributed by atoms with E-state index in [0.29, 0.717) is 12.2 Å². The van der Waals surface area contributed by atoms with Crippen molar-refractivity contribution in [1.82, 2.24) is 5.32 Å². The number of benzene rings is 3. The smallest absolute Gasteiger partial charge is 0.264 e. The van der Waals surface area contributed by atoms with Crippen LogP contribution in [0.25, 0.3) is 0 Å². The Bertz CT molecular complexity index is 1240. The first-order chi connectivity index (χ1) is 16.8. The monoisotopic (exact) mass is 557 g/mol.